The number of carbonyl (C=O) groups excluding carboxylic acids is 1. The van der Waals surface area contributed by atoms with Crippen LogP contribution in [0.1, 0.15) is 5.56 Å². The molecule has 2 aromatic carbocycles. The maximum absolute atomic E-state index is 12.0. The molecule has 0 bridgehead atoms. The van der Waals surface area contributed by atoms with Gasteiger partial charge in [-0.1, -0.05) is 40.9 Å². The van der Waals surface area contributed by atoms with Crippen molar-refractivity contribution in [1.29, 1.82) is 0 Å². The lowest BCUT2D eigenvalue weighted by molar-refractivity contribution is -0.122. The minimum Gasteiger partial charge on any atom is -0.482 e. The number of anilines is 2. The smallest absolute Gasteiger partial charge is 0.276 e. The van der Waals surface area contributed by atoms with Gasteiger partial charge in [-0.2, -0.15) is 4.98 Å². The Morgan fingerprint density at radius 3 is 2.62 bits per heavy atom. The normalized spacial score (nSPS) is 10.3. The summed E-state index contributed by atoms with van der Waals surface area (Å²) in [5.74, 6) is 0.769. The Hall–Kier alpha value is -3.23. The average Bonchev–Trinajstić information content (AvgIpc) is 2.69. The topological polar surface area (TPSA) is 111 Å². The number of hydrogen-bond acceptors (Lipinski definition) is 7. The molecule has 29 heavy (non-hydrogen) atoms. The summed E-state index contributed by atoms with van der Waals surface area (Å²) in [4.78, 5) is 20.0. The van der Waals surface area contributed by atoms with Gasteiger partial charge >= 0.3 is 0 Å². The molecule has 150 valence electrons. The first kappa shape index (κ1) is 20.5. The number of carbonyl (C=O) groups is 1. The summed E-state index contributed by atoms with van der Waals surface area (Å²) in [6.07, 6.45) is 1.26. The van der Waals surface area contributed by atoms with Crippen LogP contribution in [0.15, 0.2) is 48.8 Å². The first-order chi connectivity index (χ1) is 13.9. The third-order valence-corrected chi connectivity index (χ3v) is 4.19. The van der Waals surface area contributed by atoms with Crippen molar-refractivity contribution in [1.82, 2.24) is 15.4 Å². The molecule has 0 spiro atoms. The van der Waals surface area contributed by atoms with Gasteiger partial charge in [0, 0.05) is 5.02 Å². The molecular weight excluding hydrogens is 417 g/mol. The van der Waals surface area contributed by atoms with Gasteiger partial charge in [-0.15, -0.1) is 0 Å². The predicted octanol–water partition coefficient (Wildman–Crippen LogP) is 3.99. The predicted molar refractivity (Wildman–Crippen MR) is 111 cm³/mol. The van der Waals surface area contributed by atoms with E-state index in [0.29, 0.717) is 21.5 Å². The first-order valence-corrected chi connectivity index (χ1v) is 9.15. The average molecular weight is 434 g/mol. The van der Waals surface area contributed by atoms with Crippen LogP contribution in [0.4, 0.5) is 11.5 Å². The molecule has 3 aromatic rings. The van der Waals surface area contributed by atoms with Gasteiger partial charge < -0.3 is 15.2 Å². The van der Waals surface area contributed by atoms with Crippen molar-refractivity contribution in [2.45, 2.75) is 6.92 Å². The monoisotopic (exact) mass is 433 g/mol. The number of hydrogen-bond donors (Lipinski definition) is 3. The van der Waals surface area contributed by atoms with E-state index in [-0.39, 0.29) is 24.0 Å². The Morgan fingerprint density at radius 1 is 1.14 bits per heavy atom. The van der Waals surface area contributed by atoms with Crippen LogP contribution >= 0.6 is 23.2 Å². The van der Waals surface area contributed by atoms with Crippen molar-refractivity contribution in [2.24, 2.45) is 0 Å². The highest BCUT2D eigenvalue weighted by atomic mass is 35.5. The minimum atomic E-state index is -0.477. The van der Waals surface area contributed by atoms with E-state index < -0.39 is 5.91 Å². The van der Waals surface area contributed by atoms with Crippen LogP contribution in [0.5, 0.6) is 17.4 Å². The van der Waals surface area contributed by atoms with Crippen LogP contribution in [0.25, 0.3) is 0 Å². The Labute approximate surface area is 176 Å². The number of amides is 1. The van der Waals surface area contributed by atoms with E-state index in [1.165, 1.54) is 12.4 Å². The van der Waals surface area contributed by atoms with Crippen LogP contribution in [0, 0.1) is 6.92 Å². The molecule has 0 radical (unpaired) electrons. The Balaban J connectivity index is 1.57. The number of nitrogens with two attached hydrogens (primary N) is 1. The number of hydrazine groups is 1. The third-order valence-electron chi connectivity index (χ3n) is 3.66. The summed E-state index contributed by atoms with van der Waals surface area (Å²) in [6.45, 7) is 1.68. The molecule has 1 amide bonds. The largest absolute Gasteiger partial charge is 0.482 e. The highest BCUT2D eigenvalue weighted by molar-refractivity contribution is 6.35. The molecule has 0 aliphatic carbocycles. The standard InChI is InChI=1S/C19H17Cl2N5O3/c1-11-2-5-13(6-3-11)29-19-17(22)18(23-10-24-19)26-25-16(27)9-28-15-7-4-12(20)8-14(15)21/h2-8,10H,9,22H2,1H3,(H,25,27)(H,23,24,26). The van der Waals surface area contributed by atoms with Gasteiger partial charge in [0.05, 0.1) is 5.02 Å². The van der Waals surface area contributed by atoms with Crippen molar-refractivity contribution >= 4 is 40.6 Å². The first-order valence-electron chi connectivity index (χ1n) is 8.40. The van der Waals surface area contributed by atoms with E-state index in [1.807, 2.05) is 19.1 Å². The molecule has 1 heterocycles. The second-order valence-electron chi connectivity index (χ2n) is 5.89. The zero-order chi connectivity index (χ0) is 20.8. The van der Waals surface area contributed by atoms with Gasteiger partial charge in [0.2, 0.25) is 5.88 Å². The second-order valence-corrected chi connectivity index (χ2v) is 6.74. The van der Waals surface area contributed by atoms with Gasteiger partial charge in [-0.05, 0) is 37.3 Å². The van der Waals surface area contributed by atoms with E-state index in [0.717, 1.165) is 5.56 Å². The summed E-state index contributed by atoms with van der Waals surface area (Å²) in [5.41, 5.74) is 12.3. The zero-order valence-electron chi connectivity index (χ0n) is 15.3. The summed E-state index contributed by atoms with van der Waals surface area (Å²) in [7, 11) is 0. The zero-order valence-corrected chi connectivity index (χ0v) is 16.8. The molecule has 3 rings (SSSR count). The van der Waals surface area contributed by atoms with Gasteiger partial charge in [-0.3, -0.25) is 15.6 Å². The van der Waals surface area contributed by atoms with Crippen LogP contribution in [-0.2, 0) is 4.79 Å². The lowest BCUT2D eigenvalue weighted by Crippen LogP contribution is -2.34. The molecule has 0 atom stereocenters. The number of aryl methyl sites for hydroxylation is 1. The number of benzene rings is 2. The van der Waals surface area contributed by atoms with Gasteiger partial charge in [-0.25, -0.2) is 4.98 Å². The van der Waals surface area contributed by atoms with E-state index in [4.69, 9.17) is 38.4 Å². The van der Waals surface area contributed by atoms with Crippen molar-refractivity contribution in [3.05, 3.63) is 64.4 Å². The summed E-state index contributed by atoms with van der Waals surface area (Å²) in [6, 6.07) is 12.1. The third kappa shape index (κ3) is 5.63. The molecular formula is C19H17Cl2N5O3. The Morgan fingerprint density at radius 2 is 1.90 bits per heavy atom. The molecule has 0 aliphatic heterocycles. The molecule has 0 aliphatic rings. The number of aromatic nitrogens is 2. The lowest BCUT2D eigenvalue weighted by atomic mass is 10.2. The maximum atomic E-state index is 12.0. The summed E-state index contributed by atoms with van der Waals surface area (Å²) in [5, 5.41) is 0.771. The Kier molecular flexibility index (Phi) is 6.58. The highest BCUT2D eigenvalue weighted by Gasteiger charge is 2.12. The molecule has 0 saturated heterocycles. The van der Waals surface area contributed by atoms with Crippen LogP contribution in [0.3, 0.4) is 0 Å². The summed E-state index contributed by atoms with van der Waals surface area (Å²) < 4.78 is 11.0. The van der Waals surface area contributed by atoms with Crippen molar-refractivity contribution in [3.8, 4) is 17.4 Å². The summed E-state index contributed by atoms with van der Waals surface area (Å²) >= 11 is 11.8. The molecule has 0 fully saturated rings. The van der Waals surface area contributed by atoms with Crippen molar-refractivity contribution in [3.63, 3.8) is 0 Å². The fraction of sp³-hybridized carbons (Fsp3) is 0.105. The van der Waals surface area contributed by atoms with Crippen molar-refractivity contribution in [2.75, 3.05) is 17.8 Å². The van der Waals surface area contributed by atoms with E-state index in [1.54, 1.807) is 24.3 Å². The minimum absolute atomic E-state index is 0.134. The number of rotatable bonds is 7. The lowest BCUT2D eigenvalue weighted by Gasteiger charge is -2.13. The number of halogens is 2. The molecule has 8 nitrogen and oxygen atoms in total. The van der Waals surface area contributed by atoms with Gasteiger partial charge in [0.25, 0.3) is 5.91 Å². The highest BCUT2D eigenvalue weighted by Crippen LogP contribution is 2.29. The number of nitrogens with one attached hydrogen (secondary N) is 2. The fourth-order valence-corrected chi connectivity index (χ4v) is 2.64. The molecule has 0 saturated carbocycles. The van der Waals surface area contributed by atoms with Gasteiger partial charge in [0.1, 0.15) is 23.5 Å². The Bertz CT molecular complexity index is 1020. The number of ether oxygens (including phenoxy) is 2. The number of nitrogens with zero attached hydrogens (tertiary/aromatic N) is 2. The van der Waals surface area contributed by atoms with E-state index >= 15 is 0 Å². The second kappa shape index (κ2) is 9.31. The SMILES string of the molecule is Cc1ccc(Oc2ncnc(NNC(=O)COc3ccc(Cl)cc3Cl)c2N)cc1. The molecule has 10 heteroatoms. The van der Waals surface area contributed by atoms with E-state index in [2.05, 4.69) is 20.8 Å². The van der Waals surface area contributed by atoms with Crippen LogP contribution in [-0.4, -0.2) is 22.5 Å². The quantitative estimate of drug-likeness (QED) is 0.482. The van der Waals surface area contributed by atoms with Crippen LogP contribution < -0.4 is 26.1 Å². The molecule has 1 aromatic heterocycles. The van der Waals surface area contributed by atoms with E-state index in [9.17, 15) is 4.79 Å². The molecule has 0 unspecified atom stereocenters. The number of nitrogen functional groups attached to an aromatic ring is 1. The fourth-order valence-electron chi connectivity index (χ4n) is 2.18. The maximum Gasteiger partial charge on any atom is 0.276 e. The molecule has 4 N–H and O–H groups in total. The van der Waals surface area contributed by atoms with Crippen LogP contribution in [0.2, 0.25) is 10.0 Å². The van der Waals surface area contributed by atoms with Gasteiger partial charge in [0.15, 0.2) is 12.4 Å². The van der Waals surface area contributed by atoms with Crippen molar-refractivity contribution < 1.29 is 14.3 Å².